The van der Waals surface area contributed by atoms with Crippen molar-refractivity contribution in [2.45, 2.75) is 56.7 Å². The molecule has 25 heavy (non-hydrogen) atoms. The number of carbonyl (C=O) groups is 1. The number of nitrogens with zero attached hydrogens (tertiary/aromatic N) is 1. The molecule has 0 radical (unpaired) electrons. The van der Waals surface area contributed by atoms with Crippen molar-refractivity contribution in [2.24, 2.45) is 0 Å². The van der Waals surface area contributed by atoms with E-state index in [2.05, 4.69) is 20.8 Å². The summed E-state index contributed by atoms with van der Waals surface area (Å²) < 4.78 is 0. The molecule has 1 amide bonds. The van der Waals surface area contributed by atoms with E-state index >= 15 is 0 Å². The molecule has 0 spiro atoms. The van der Waals surface area contributed by atoms with E-state index in [1.807, 2.05) is 6.07 Å². The second-order valence-electron chi connectivity index (χ2n) is 7.10. The van der Waals surface area contributed by atoms with E-state index in [-0.39, 0.29) is 17.7 Å². The number of benzene rings is 1. The third-order valence-corrected chi connectivity index (χ3v) is 5.40. The number of H-pyrrole nitrogens is 1. The van der Waals surface area contributed by atoms with Crippen LogP contribution in [0.3, 0.4) is 0 Å². The molecular formula is C19H24N4O2. The molecule has 2 aromatic rings. The zero-order chi connectivity index (χ0) is 17.2. The summed E-state index contributed by atoms with van der Waals surface area (Å²) in [6, 6.07) is 9.84. The van der Waals surface area contributed by atoms with Crippen LogP contribution in [0.1, 0.15) is 49.0 Å². The molecule has 2 aliphatic rings. The van der Waals surface area contributed by atoms with Crippen LogP contribution in [0.15, 0.2) is 30.3 Å². The topological polar surface area (TPSA) is 90.0 Å². The van der Waals surface area contributed by atoms with Gasteiger partial charge in [0.05, 0.1) is 5.69 Å². The highest BCUT2D eigenvalue weighted by Gasteiger charge is 2.34. The smallest absolute Gasteiger partial charge is 0.269 e. The van der Waals surface area contributed by atoms with Gasteiger partial charge in [0.25, 0.3) is 5.91 Å². The molecule has 2 saturated carbocycles. The number of amides is 1. The summed E-state index contributed by atoms with van der Waals surface area (Å²) in [6.45, 7) is 0. The Bertz CT molecular complexity index is 751. The predicted molar refractivity (Wildman–Crippen MR) is 95.4 cm³/mol. The molecule has 1 aromatic heterocycles. The SMILES string of the molecule is O=C(N[C@@H]1CC[C@@H]1NC1CCCC1)c1cc(-c2ccccc2O)n[nH]1. The lowest BCUT2D eigenvalue weighted by molar-refractivity contribution is 0.0884. The zero-order valence-electron chi connectivity index (χ0n) is 14.2. The summed E-state index contributed by atoms with van der Waals surface area (Å²) in [4.78, 5) is 12.5. The van der Waals surface area contributed by atoms with Gasteiger partial charge in [-0.3, -0.25) is 9.89 Å². The highest BCUT2D eigenvalue weighted by molar-refractivity contribution is 5.93. The first kappa shape index (κ1) is 16.1. The lowest BCUT2D eigenvalue weighted by atomic mass is 9.85. The van der Waals surface area contributed by atoms with Crippen LogP contribution in [0.2, 0.25) is 0 Å². The van der Waals surface area contributed by atoms with Crippen molar-refractivity contribution in [2.75, 3.05) is 0 Å². The van der Waals surface area contributed by atoms with Gasteiger partial charge in [-0.15, -0.1) is 0 Å². The van der Waals surface area contributed by atoms with Gasteiger partial charge < -0.3 is 15.7 Å². The van der Waals surface area contributed by atoms with Crippen molar-refractivity contribution < 1.29 is 9.90 Å². The number of phenols is 1. The van der Waals surface area contributed by atoms with Gasteiger partial charge >= 0.3 is 0 Å². The van der Waals surface area contributed by atoms with Gasteiger partial charge in [0, 0.05) is 23.7 Å². The van der Waals surface area contributed by atoms with Crippen molar-refractivity contribution in [3.63, 3.8) is 0 Å². The second-order valence-corrected chi connectivity index (χ2v) is 7.10. The number of aromatic hydroxyl groups is 1. The predicted octanol–water partition coefficient (Wildman–Crippen LogP) is 2.58. The summed E-state index contributed by atoms with van der Waals surface area (Å²) in [7, 11) is 0. The number of para-hydroxylation sites is 1. The summed E-state index contributed by atoms with van der Waals surface area (Å²) in [5.41, 5.74) is 1.60. The largest absolute Gasteiger partial charge is 0.507 e. The molecule has 4 N–H and O–H groups in total. The number of aromatic amines is 1. The molecule has 6 nitrogen and oxygen atoms in total. The number of nitrogens with one attached hydrogen (secondary N) is 3. The molecule has 6 heteroatoms. The third-order valence-electron chi connectivity index (χ3n) is 5.40. The Kier molecular flexibility index (Phi) is 4.44. The lowest BCUT2D eigenvalue weighted by Gasteiger charge is -2.39. The third kappa shape index (κ3) is 3.39. The van der Waals surface area contributed by atoms with Crippen LogP contribution in [0.4, 0.5) is 0 Å². The van der Waals surface area contributed by atoms with E-state index in [4.69, 9.17) is 0 Å². The van der Waals surface area contributed by atoms with Crippen LogP contribution < -0.4 is 10.6 Å². The minimum atomic E-state index is -0.142. The Hall–Kier alpha value is -2.34. The Morgan fingerprint density at radius 2 is 1.88 bits per heavy atom. The monoisotopic (exact) mass is 340 g/mol. The first-order valence-electron chi connectivity index (χ1n) is 9.11. The molecule has 0 unspecified atom stereocenters. The Balaban J connectivity index is 1.38. The van der Waals surface area contributed by atoms with Gasteiger partial charge in [0.15, 0.2) is 0 Å². The number of carbonyl (C=O) groups excluding carboxylic acids is 1. The maximum absolute atomic E-state index is 12.5. The van der Waals surface area contributed by atoms with Gasteiger partial charge in [0.2, 0.25) is 0 Å². The summed E-state index contributed by atoms with van der Waals surface area (Å²) in [6.07, 6.45) is 7.25. The molecule has 2 atom stereocenters. The fraction of sp³-hybridized carbons (Fsp3) is 0.474. The Labute approximate surface area is 147 Å². The molecule has 1 aromatic carbocycles. The second kappa shape index (κ2) is 6.88. The maximum Gasteiger partial charge on any atom is 0.269 e. The first-order valence-corrected chi connectivity index (χ1v) is 9.11. The van der Waals surface area contributed by atoms with Gasteiger partial charge in [-0.05, 0) is 43.9 Å². The number of hydrogen-bond acceptors (Lipinski definition) is 4. The minimum Gasteiger partial charge on any atom is -0.507 e. The van der Waals surface area contributed by atoms with Crippen LogP contribution >= 0.6 is 0 Å². The van der Waals surface area contributed by atoms with Crippen LogP contribution in [0, 0.1) is 0 Å². The van der Waals surface area contributed by atoms with E-state index in [0.717, 1.165) is 12.8 Å². The highest BCUT2D eigenvalue weighted by atomic mass is 16.3. The standard InChI is InChI=1S/C19H24N4O2/c24-18-8-4-3-7-13(18)16-11-17(23-22-16)19(25)21-15-10-9-14(15)20-12-5-1-2-6-12/h3-4,7-8,11-12,14-15,20,24H,1-2,5-6,9-10H2,(H,21,25)(H,22,23)/t14-,15+/m0/s1. The van der Waals surface area contributed by atoms with Crippen molar-refractivity contribution in [1.82, 2.24) is 20.8 Å². The van der Waals surface area contributed by atoms with Crippen LogP contribution in [-0.2, 0) is 0 Å². The zero-order valence-corrected chi connectivity index (χ0v) is 14.2. The molecule has 0 bridgehead atoms. The normalized spacial score (nSPS) is 23.4. The fourth-order valence-corrected chi connectivity index (χ4v) is 3.78. The number of rotatable bonds is 5. The average Bonchev–Trinajstić information content (AvgIpc) is 3.28. The van der Waals surface area contributed by atoms with Crippen molar-refractivity contribution in [3.8, 4) is 17.0 Å². The first-order chi connectivity index (χ1) is 12.2. The number of aromatic nitrogens is 2. The Morgan fingerprint density at radius 1 is 1.12 bits per heavy atom. The van der Waals surface area contributed by atoms with E-state index in [0.29, 0.717) is 29.0 Å². The minimum absolute atomic E-state index is 0.142. The highest BCUT2D eigenvalue weighted by Crippen LogP contribution is 2.28. The Morgan fingerprint density at radius 3 is 2.60 bits per heavy atom. The van der Waals surface area contributed by atoms with Gasteiger partial charge in [0.1, 0.15) is 11.4 Å². The molecule has 0 aliphatic heterocycles. The van der Waals surface area contributed by atoms with Crippen molar-refractivity contribution >= 4 is 5.91 Å². The number of phenolic OH excluding ortho intramolecular Hbond substituents is 1. The van der Waals surface area contributed by atoms with E-state index < -0.39 is 0 Å². The number of hydrogen-bond donors (Lipinski definition) is 4. The lowest BCUT2D eigenvalue weighted by Crippen LogP contribution is -2.58. The fourth-order valence-electron chi connectivity index (χ4n) is 3.78. The van der Waals surface area contributed by atoms with Gasteiger partial charge in [-0.2, -0.15) is 5.10 Å². The van der Waals surface area contributed by atoms with E-state index in [1.165, 1.54) is 25.7 Å². The van der Waals surface area contributed by atoms with E-state index in [9.17, 15) is 9.90 Å². The molecule has 4 rings (SSSR count). The van der Waals surface area contributed by atoms with Crippen LogP contribution in [0.25, 0.3) is 11.3 Å². The van der Waals surface area contributed by atoms with Gasteiger partial charge in [-0.25, -0.2) is 0 Å². The molecular weight excluding hydrogens is 316 g/mol. The summed E-state index contributed by atoms with van der Waals surface area (Å²) >= 11 is 0. The molecule has 1 heterocycles. The summed E-state index contributed by atoms with van der Waals surface area (Å²) in [5, 5.41) is 23.6. The average molecular weight is 340 g/mol. The molecule has 2 aliphatic carbocycles. The van der Waals surface area contributed by atoms with E-state index in [1.54, 1.807) is 24.3 Å². The quantitative estimate of drug-likeness (QED) is 0.673. The summed E-state index contributed by atoms with van der Waals surface area (Å²) in [5.74, 6) is 0.0119. The van der Waals surface area contributed by atoms with Crippen molar-refractivity contribution in [1.29, 1.82) is 0 Å². The molecule has 2 fully saturated rings. The van der Waals surface area contributed by atoms with Crippen LogP contribution in [0.5, 0.6) is 5.75 Å². The van der Waals surface area contributed by atoms with Crippen molar-refractivity contribution in [3.05, 3.63) is 36.0 Å². The molecule has 0 saturated heterocycles. The maximum atomic E-state index is 12.5. The molecule has 132 valence electrons. The van der Waals surface area contributed by atoms with Crippen LogP contribution in [-0.4, -0.2) is 39.3 Å². The van der Waals surface area contributed by atoms with Gasteiger partial charge in [-0.1, -0.05) is 25.0 Å².